The smallest absolute Gasteiger partial charge is 0.276 e. The Kier molecular flexibility index (Phi) is 14.4. The van der Waals surface area contributed by atoms with Crippen LogP contribution in [0.5, 0.6) is 0 Å². The molecule has 18 heteroatoms. The number of nitrogens with one attached hydrogen (secondary N) is 3. The van der Waals surface area contributed by atoms with Gasteiger partial charge in [0.2, 0.25) is 0 Å². The third-order valence-electron chi connectivity index (χ3n) is 15.0. The number of carbonyl (C=O) groups excluding carboxylic acids is 2. The second kappa shape index (κ2) is 22.3. The lowest BCUT2D eigenvalue weighted by Crippen LogP contribution is -2.35. The summed E-state index contributed by atoms with van der Waals surface area (Å²) >= 11 is 0. The monoisotopic (exact) mass is 1010 g/mol. The molecule has 12 rings (SSSR count). The first-order valence-corrected chi connectivity index (χ1v) is 26.4. The first-order valence-electron chi connectivity index (χ1n) is 26.4. The average Bonchev–Trinajstić information content (AvgIpc) is 4.25. The summed E-state index contributed by atoms with van der Waals surface area (Å²) in [4.78, 5) is 56.2. The van der Waals surface area contributed by atoms with Crippen molar-refractivity contribution in [2.45, 2.75) is 57.9 Å². The van der Waals surface area contributed by atoms with E-state index in [0.29, 0.717) is 29.3 Å². The molecular weight excluding hydrogens is 945 g/mol. The Labute approximate surface area is 435 Å². The Balaban J connectivity index is 0.708. The van der Waals surface area contributed by atoms with Crippen LogP contribution in [0.15, 0.2) is 110 Å². The lowest BCUT2D eigenvalue weighted by Gasteiger charge is -2.32. The van der Waals surface area contributed by atoms with Gasteiger partial charge in [-0.2, -0.15) is 10.2 Å². The highest BCUT2D eigenvalue weighted by Crippen LogP contribution is 2.33. The second-order valence-corrected chi connectivity index (χ2v) is 20.3. The van der Waals surface area contributed by atoms with Crippen LogP contribution in [0.3, 0.4) is 0 Å². The van der Waals surface area contributed by atoms with Gasteiger partial charge in [-0.1, -0.05) is 12.1 Å². The lowest BCUT2D eigenvalue weighted by atomic mass is 10.0. The Bertz CT molecular complexity index is 3280. The number of aromatic amines is 1. The second-order valence-electron chi connectivity index (χ2n) is 20.3. The third-order valence-corrected chi connectivity index (χ3v) is 15.0. The van der Waals surface area contributed by atoms with Crippen LogP contribution < -0.4 is 10.6 Å². The minimum Gasteiger partial charge on any atom is -0.379 e. The maximum absolute atomic E-state index is 14.3. The maximum Gasteiger partial charge on any atom is 0.276 e. The molecule has 3 N–H and O–H groups in total. The van der Waals surface area contributed by atoms with Crippen molar-refractivity contribution in [3.05, 3.63) is 144 Å². The van der Waals surface area contributed by atoms with Gasteiger partial charge in [0.1, 0.15) is 0 Å². The summed E-state index contributed by atoms with van der Waals surface area (Å²) in [5.41, 5.74) is 11.7. The molecule has 4 fully saturated rings. The largest absolute Gasteiger partial charge is 0.379 e. The quantitative estimate of drug-likeness (QED) is 0.0920. The van der Waals surface area contributed by atoms with E-state index in [1.54, 1.807) is 12.4 Å². The van der Waals surface area contributed by atoms with Gasteiger partial charge >= 0.3 is 0 Å². The molecule has 2 aromatic carbocycles. The van der Waals surface area contributed by atoms with E-state index in [-0.39, 0.29) is 17.9 Å². The Morgan fingerprint density at radius 3 is 1.64 bits per heavy atom. The number of amides is 2. The van der Waals surface area contributed by atoms with Crippen LogP contribution in [0.25, 0.3) is 44.1 Å². The van der Waals surface area contributed by atoms with Crippen molar-refractivity contribution in [2.75, 3.05) is 89.4 Å². The molecule has 0 radical (unpaired) electrons. The number of ether oxygens (including phenoxy) is 2. The molecule has 75 heavy (non-hydrogen) atoms. The molecule has 0 aliphatic carbocycles. The number of likely N-dealkylation sites (tertiary alicyclic amines) is 2. The van der Waals surface area contributed by atoms with Gasteiger partial charge < -0.3 is 20.1 Å². The number of fused-ring (bicyclic) bond motifs is 2. The van der Waals surface area contributed by atoms with Gasteiger partial charge in [0, 0.05) is 112 Å². The van der Waals surface area contributed by atoms with Crippen molar-refractivity contribution in [1.82, 2.24) is 59.5 Å². The molecule has 6 aromatic heterocycles. The van der Waals surface area contributed by atoms with E-state index in [4.69, 9.17) is 24.5 Å². The van der Waals surface area contributed by atoms with Gasteiger partial charge in [0.25, 0.3) is 11.8 Å². The van der Waals surface area contributed by atoms with Crippen LogP contribution in [0.1, 0.15) is 75.2 Å². The summed E-state index contributed by atoms with van der Waals surface area (Å²) in [6.45, 7) is 13.5. The number of hydrogen-bond donors (Lipinski definition) is 3. The molecule has 10 heterocycles. The minimum atomic E-state index is -0.318. The molecule has 0 saturated carbocycles. The predicted octanol–water partition coefficient (Wildman–Crippen LogP) is 7.43. The zero-order valence-electron chi connectivity index (χ0n) is 42.2. The molecule has 0 atom stereocenters. The highest BCUT2D eigenvalue weighted by Gasteiger charge is 2.27. The summed E-state index contributed by atoms with van der Waals surface area (Å²) < 4.78 is 13.2. The van der Waals surface area contributed by atoms with E-state index in [1.807, 2.05) is 67.3 Å². The Morgan fingerprint density at radius 2 is 1.07 bits per heavy atom. The van der Waals surface area contributed by atoms with E-state index in [2.05, 4.69) is 85.4 Å². The van der Waals surface area contributed by atoms with Crippen LogP contribution in [-0.4, -0.2) is 150 Å². The third kappa shape index (κ3) is 11.4. The standard InChI is InChI=1S/C57H62N14O4/c72-56(54-50-27-41(3-9-52(50)64-65-54)43-25-39(29-58-31-43)35-69-17-21-74-22-18-69)62-45-5-8-48(61-33-45)38-68-15-11-49(12-16-68)71-53-10-4-42(44-26-40(30-59-32-44)36-70-19-23-75-24-20-70)28-51(53)55(66-71)57(73)63-46-6-7-47(60-34-46)37-67-13-1-2-14-67/h3-10,25-34,49H,1-2,11-24,35-38H2,(H,62,72)(H,63,73)(H,64,65). The number of carbonyl (C=O) groups is 2. The number of nitrogens with zero attached hydrogens (tertiary/aromatic N) is 11. The minimum absolute atomic E-state index is 0.0862. The fraction of sp³-hybridized carbons (Fsp3) is 0.368. The first kappa shape index (κ1) is 48.6. The number of H-pyrrole nitrogens is 1. The van der Waals surface area contributed by atoms with Crippen LogP contribution >= 0.6 is 0 Å². The van der Waals surface area contributed by atoms with Crippen molar-refractivity contribution in [3.8, 4) is 22.3 Å². The normalized spacial score (nSPS) is 17.5. The van der Waals surface area contributed by atoms with Gasteiger partial charge in [0.15, 0.2) is 11.4 Å². The van der Waals surface area contributed by atoms with Gasteiger partial charge in [0.05, 0.1) is 78.7 Å². The molecule has 4 saturated heterocycles. The lowest BCUT2D eigenvalue weighted by molar-refractivity contribution is 0.0341. The van der Waals surface area contributed by atoms with Crippen molar-refractivity contribution in [2.24, 2.45) is 0 Å². The van der Waals surface area contributed by atoms with Gasteiger partial charge in [-0.25, -0.2) is 0 Å². The molecule has 8 aromatic rings. The van der Waals surface area contributed by atoms with Gasteiger partial charge in [-0.15, -0.1) is 0 Å². The molecular formula is C57H62N14O4. The van der Waals surface area contributed by atoms with Crippen LogP contribution in [0.4, 0.5) is 11.4 Å². The number of aromatic nitrogens is 8. The van der Waals surface area contributed by atoms with E-state index < -0.39 is 0 Å². The van der Waals surface area contributed by atoms with Gasteiger partial charge in [-0.3, -0.25) is 58.9 Å². The maximum atomic E-state index is 14.3. The molecule has 0 spiro atoms. The number of pyridine rings is 4. The van der Waals surface area contributed by atoms with Crippen molar-refractivity contribution >= 4 is 45.0 Å². The number of hydrogen-bond acceptors (Lipinski definition) is 14. The number of benzene rings is 2. The van der Waals surface area contributed by atoms with E-state index in [9.17, 15) is 9.59 Å². The van der Waals surface area contributed by atoms with E-state index >= 15 is 0 Å². The van der Waals surface area contributed by atoms with Crippen LogP contribution in [-0.2, 0) is 35.7 Å². The van der Waals surface area contributed by atoms with Crippen LogP contribution in [0.2, 0.25) is 0 Å². The SMILES string of the molecule is O=C(Nc1ccc(CN2CCC(n3nc(C(=O)Nc4ccc(CN5CCCC5)nc4)c4cc(-c5cncc(CN6CCOCC6)c5)ccc43)CC2)nc1)c1n[nH]c2ccc(-c3cncc(CN4CCOCC4)c3)cc12. The predicted molar refractivity (Wildman–Crippen MR) is 287 cm³/mol. The van der Waals surface area contributed by atoms with Crippen molar-refractivity contribution < 1.29 is 19.1 Å². The van der Waals surface area contributed by atoms with Crippen LogP contribution in [0, 0.1) is 0 Å². The highest BCUT2D eigenvalue weighted by molar-refractivity contribution is 6.12. The number of morpholine rings is 2. The summed E-state index contributed by atoms with van der Waals surface area (Å²) in [5, 5.41) is 20.2. The summed E-state index contributed by atoms with van der Waals surface area (Å²) in [5.74, 6) is -0.587. The van der Waals surface area contributed by atoms with E-state index in [1.165, 1.54) is 12.8 Å². The molecule has 18 nitrogen and oxygen atoms in total. The zero-order valence-corrected chi connectivity index (χ0v) is 42.2. The van der Waals surface area contributed by atoms with Crippen molar-refractivity contribution in [3.63, 3.8) is 0 Å². The average molecular weight is 1010 g/mol. The Morgan fingerprint density at radius 1 is 0.533 bits per heavy atom. The highest BCUT2D eigenvalue weighted by atomic mass is 16.5. The zero-order chi connectivity index (χ0) is 50.5. The summed E-state index contributed by atoms with van der Waals surface area (Å²) in [7, 11) is 0. The summed E-state index contributed by atoms with van der Waals surface area (Å²) in [6.07, 6.45) is 15.2. The summed E-state index contributed by atoms with van der Waals surface area (Å²) in [6, 6.07) is 24.5. The van der Waals surface area contributed by atoms with Crippen molar-refractivity contribution in [1.29, 1.82) is 0 Å². The number of anilines is 2. The molecule has 0 unspecified atom stereocenters. The molecule has 4 aliphatic heterocycles. The molecule has 384 valence electrons. The Hall–Kier alpha value is -7.32. The topological polar surface area (TPSA) is 188 Å². The fourth-order valence-electron chi connectivity index (χ4n) is 10.9. The molecule has 2 amide bonds. The first-order chi connectivity index (χ1) is 36.9. The number of rotatable bonds is 15. The van der Waals surface area contributed by atoms with Gasteiger partial charge in [-0.05, 0) is 122 Å². The fourth-order valence-corrected chi connectivity index (χ4v) is 10.9. The van der Waals surface area contributed by atoms with E-state index in [0.717, 1.165) is 178 Å². The molecule has 4 aliphatic rings. The molecule has 0 bridgehead atoms. The number of piperidine rings is 1.